The molecule has 16 heavy (non-hydrogen) atoms. The number of nitrogens with zero attached hydrogens (tertiary/aromatic N) is 1. The summed E-state index contributed by atoms with van der Waals surface area (Å²) in [5.74, 6) is 0. The maximum absolute atomic E-state index is 5.80. The molecule has 1 N–H and O–H groups in total. The minimum absolute atomic E-state index is 0.0285. The van der Waals surface area contributed by atoms with Crippen LogP contribution in [0.1, 0.15) is 41.0 Å². The fourth-order valence-corrected chi connectivity index (χ4v) is 2.55. The van der Waals surface area contributed by atoms with Crippen LogP contribution in [-0.2, 0) is 4.74 Å². The van der Waals surface area contributed by atoms with E-state index in [2.05, 4.69) is 44.8 Å². The highest BCUT2D eigenvalue weighted by atomic mass is 16.5. The zero-order valence-electron chi connectivity index (χ0n) is 11.5. The van der Waals surface area contributed by atoms with Gasteiger partial charge in [0.25, 0.3) is 0 Å². The molecule has 0 aromatic heterocycles. The molecular formula is C13H28N2O. The van der Waals surface area contributed by atoms with E-state index in [-0.39, 0.29) is 5.60 Å². The Balaban J connectivity index is 2.54. The van der Waals surface area contributed by atoms with E-state index in [1.807, 2.05) is 0 Å². The molecule has 2 unspecified atom stereocenters. The number of rotatable bonds is 5. The van der Waals surface area contributed by atoms with Gasteiger partial charge < -0.3 is 10.1 Å². The zero-order chi connectivity index (χ0) is 12.2. The van der Waals surface area contributed by atoms with Crippen molar-refractivity contribution in [1.29, 1.82) is 0 Å². The first-order valence-electron chi connectivity index (χ1n) is 6.60. The molecule has 1 aliphatic heterocycles. The molecule has 0 saturated carbocycles. The quantitative estimate of drug-likeness (QED) is 0.777. The molecule has 0 aromatic rings. The average molecular weight is 228 g/mol. The van der Waals surface area contributed by atoms with Gasteiger partial charge in [0, 0.05) is 38.3 Å². The predicted octanol–water partition coefficient (Wildman–Crippen LogP) is 1.87. The monoisotopic (exact) mass is 228 g/mol. The lowest BCUT2D eigenvalue weighted by Crippen LogP contribution is -2.58. The Morgan fingerprint density at radius 1 is 1.38 bits per heavy atom. The second-order valence-corrected chi connectivity index (χ2v) is 5.49. The highest BCUT2D eigenvalue weighted by Crippen LogP contribution is 2.17. The first-order chi connectivity index (χ1) is 7.48. The Kier molecular flexibility index (Phi) is 5.22. The van der Waals surface area contributed by atoms with E-state index in [0.717, 1.165) is 26.2 Å². The number of hydrogen-bond donors (Lipinski definition) is 1. The van der Waals surface area contributed by atoms with Crippen molar-refractivity contribution in [3.63, 3.8) is 0 Å². The van der Waals surface area contributed by atoms with Crippen LogP contribution in [0.2, 0.25) is 0 Å². The second-order valence-electron chi connectivity index (χ2n) is 5.49. The van der Waals surface area contributed by atoms with Crippen molar-refractivity contribution in [2.24, 2.45) is 0 Å². The lowest BCUT2D eigenvalue weighted by molar-refractivity contribution is -0.0485. The van der Waals surface area contributed by atoms with Crippen molar-refractivity contribution in [2.45, 2.75) is 58.7 Å². The van der Waals surface area contributed by atoms with Gasteiger partial charge in [-0.15, -0.1) is 0 Å². The number of nitrogens with one attached hydrogen (secondary N) is 1. The van der Waals surface area contributed by atoms with Gasteiger partial charge in [0.2, 0.25) is 0 Å². The summed E-state index contributed by atoms with van der Waals surface area (Å²) in [7, 11) is 0. The Hall–Kier alpha value is -0.120. The van der Waals surface area contributed by atoms with Crippen molar-refractivity contribution in [2.75, 3.05) is 26.2 Å². The molecule has 96 valence electrons. The Labute approximate surface area is 101 Å². The highest BCUT2D eigenvalue weighted by molar-refractivity contribution is 4.87. The Morgan fingerprint density at radius 2 is 2.06 bits per heavy atom. The number of ether oxygens (including phenoxy) is 1. The molecule has 0 amide bonds. The summed E-state index contributed by atoms with van der Waals surface area (Å²) in [6.45, 7) is 15.0. The lowest BCUT2D eigenvalue weighted by Gasteiger charge is -2.42. The molecular weight excluding hydrogens is 200 g/mol. The van der Waals surface area contributed by atoms with Gasteiger partial charge in [0.1, 0.15) is 0 Å². The molecule has 1 heterocycles. The molecule has 1 saturated heterocycles. The molecule has 2 atom stereocenters. The summed E-state index contributed by atoms with van der Waals surface area (Å²) >= 11 is 0. The van der Waals surface area contributed by atoms with Crippen molar-refractivity contribution >= 4 is 0 Å². The fourth-order valence-electron chi connectivity index (χ4n) is 2.55. The zero-order valence-corrected chi connectivity index (χ0v) is 11.5. The lowest BCUT2D eigenvalue weighted by atomic mass is 10.0. The smallest absolute Gasteiger partial charge is 0.0752 e. The van der Waals surface area contributed by atoms with E-state index in [4.69, 9.17) is 4.74 Å². The number of hydrogen-bond acceptors (Lipinski definition) is 3. The summed E-state index contributed by atoms with van der Waals surface area (Å²) in [5.41, 5.74) is -0.0285. The van der Waals surface area contributed by atoms with Crippen LogP contribution in [0, 0.1) is 0 Å². The van der Waals surface area contributed by atoms with Crippen LogP contribution in [0.25, 0.3) is 0 Å². The van der Waals surface area contributed by atoms with Crippen LogP contribution in [-0.4, -0.2) is 48.8 Å². The van der Waals surface area contributed by atoms with Gasteiger partial charge in [-0.05, 0) is 34.1 Å². The normalized spacial score (nSPS) is 28.3. The van der Waals surface area contributed by atoms with Crippen LogP contribution in [0.15, 0.2) is 0 Å². The van der Waals surface area contributed by atoms with Crippen LogP contribution in [0.4, 0.5) is 0 Å². The van der Waals surface area contributed by atoms with E-state index in [0.29, 0.717) is 12.1 Å². The first kappa shape index (κ1) is 13.9. The topological polar surface area (TPSA) is 24.5 Å². The summed E-state index contributed by atoms with van der Waals surface area (Å²) in [4.78, 5) is 2.58. The largest absolute Gasteiger partial charge is 0.375 e. The van der Waals surface area contributed by atoms with Gasteiger partial charge in [0.05, 0.1) is 5.60 Å². The predicted molar refractivity (Wildman–Crippen MR) is 68.8 cm³/mol. The Morgan fingerprint density at radius 3 is 2.62 bits per heavy atom. The van der Waals surface area contributed by atoms with E-state index in [9.17, 15) is 0 Å². The van der Waals surface area contributed by atoms with Crippen molar-refractivity contribution in [1.82, 2.24) is 10.2 Å². The van der Waals surface area contributed by atoms with Gasteiger partial charge in [0.15, 0.2) is 0 Å². The fraction of sp³-hybridized carbons (Fsp3) is 1.00. The van der Waals surface area contributed by atoms with E-state index in [1.165, 1.54) is 6.42 Å². The third kappa shape index (κ3) is 4.04. The molecule has 3 heteroatoms. The molecule has 0 spiro atoms. The van der Waals surface area contributed by atoms with Gasteiger partial charge in [-0.2, -0.15) is 0 Å². The summed E-state index contributed by atoms with van der Waals surface area (Å²) in [6.07, 6.45) is 1.21. The third-order valence-corrected chi connectivity index (χ3v) is 3.32. The van der Waals surface area contributed by atoms with Gasteiger partial charge in [-0.25, -0.2) is 0 Å². The molecule has 0 aliphatic carbocycles. The summed E-state index contributed by atoms with van der Waals surface area (Å²) in [6, 6.07) is 1.26. The van der Waals surface area contributed by atoms with Crippen LogP contribution < -0.4 is 5.32 Å². The van der Waals surface area contributed by atoms with Crippen LogP contribution in [0.5, 0.6) is 0 Å². The SMILES string of the molecule is CCOC(C)(C)CN1CC(C)NCC1CC. The number of piperazine rings is 1. The minimum atomic E-state index is -0.0285. The first-order valence-corrected chi connectivity index (χ1v) is 6.60. The van der Waals surface area contributed by atoms with Crippen molar-refractivity contribution in [3.8, 4) is 0 Å². The second kappa shape index (κ2) is 5.99. The maximum Gasteiger partial charge on any atom is 0.0752 e. The minimum Gasteiger partial charge on any atom is -0.375 e. The highest BCUT2D eigenvalue weighted by Gasteiger charge is 2.29. The Bertz CT molecular complexity index is 206. The molecule has 1 fully saturated rings. The average Bonchev–Trinajstić information content (AvgIpc) is 2.17. The summed E-state index contributed by atoms with van der Waals surface area (Å²) in [5, 5.41) is 3.55. The third-order valence-electron chi connectivity index (χ3n) is 3.32. The molecule has 3 nitrogen and oxygen atoms in total. The van der Waals surface area contributed by atoms with E-state index < -0.39 is 0 Å². The molecule has 1 aliphatic rings. The van der Waals surface area contributed by atoms with Crippen LogP contribution in [0.3, 0.4) is 0 Å². The van der Waals surface area contributed by atoms with Crippen molar-refractivity contribution in [3.05, 3.63) is 0 Å². The summed E-state index contributed by atoms with van der Waals surface area (Å²) < 4.78 is 5.80. The van der Waals surface area contributed by atoms with E-state index in [1.54, 1.807) is 0 Å². The molecule has 0 radical (unpaired) electrons. The standard InChI is InChI=1S/C13H28N2O/c1-6-12-8-14-11(3)9-15(12)10-13(4,5)16-7-2/h11-12,14H,6-10H2,1-5H3. The van der Waals surface area contributed by atoms with Crippen molar-refractivity contribution < 1.29 is 4.74 Å². The molecule has 1 rings (SSSR count). The molecule has 0 aromatic carbocycles. The maximum atomic E-state index is 5.80. The van der Waals surface area contributed by atoms with E-state index >= 15 is 0 Å². The van der Waals surface area contributed by atoms with Gasteiger partial charge in [-0.3, -0.25) is 4.90 Å². The molecule has 0 bridgehead atoms. The van der Waals surface area contributed by atoms with Crippen LogP contribution >= 0.6 is 0 Å². The van der Waals surface area contributed by atoms with Gasteiger partial charge >= 0.3 is 0 Å². The van der Waals surface area contributed by atoms with Gasteiger partial charge in [-0.1, -0.05) is 6.92 Å².